The maximum absolute atomic E-state index is 14.2. The van der Waals surface area contributed by atoms with Crippen LogP contribution in [0, 0.1) is 11.8 Å². The monoisotopic (exact) mass is 595 g/mol. The maximum Gasteiger partial charge on any atom is 0.255 e. The molecule has 0 fully saturated rings. The number of hydrogen-bond acceptors (Lipinski definition) is 9. The maximum atomic E-state index is 14.2. The van der Waals surface area contributed by atoms with E-state index in [1.807, 2.05) is 30.3 Å². The van der Waals surface area contributed by atoms with Crippen molar-refractivity contribution >= 4 is 35.0 Å². The van der Waals surface area contributed by atoms with Crippen LogP contribution < -0.4 is 11.1 Å². The Morgan fingerprint density at radius 3 is 2.40 bits per heavy atom. The molecule has 0 aliphatic heterocycles. The van der Waals surface area contributed by atoms with Crippen LogP contribution in [-0.2, 0) is 27.3 Å². The van der Waals surface area contributed by atoms with Gasteiger partial charge >= 0.3 is 0 Å². The Bertz CT molecular complexity index is 1600. The Kier molecular flexibility index (Phi) is 7.38. The van der Waals surface area contributed by atoms with Gasteiger partial charge in [0.25, 0.3) is 5.91 Å². The first kappa shape index (κ1) is 29.3. The van der Waals surface area contributed by atoms with E-state index >= 15 is 0 Å². The summed E-state index contributed by atoms with van der Waals surface area (Å²) in [5.41, 5.74) is 3.47. The van der Waals surface area contributed by atoms with Gasteiger partial charge in [0.2, 0.25) is 11.7 Å². The zero-order valence-electron chi connectivity index (χ0n) is 22.8. The van der Waals surface area contributed by atoms with Crippen molar-refractivity contribution in [3.8, 4) is 16.9 Å². The van der Waals surface area contributed by atoms with Crippen molar-refractivity contribution < 1.29 is 39.6 Å². The number of allylic oxidation sites excluding steroid dienone is 1. The smallest absolute Gasteiger partial charge is 0.255 e. The van der Waals surface area contributed by atoms with E-state index < -0.39 is 69.7 Å². The second kappa shape index (κ2) is 10.6. The number of nitrogens with one attached hydrogen (secondary N) is 1. The van der Waals surface area contributed by atoms with Crippen LogP contribution in [0.25, 0.3) is 11.1 Å². The van der Waals surface area contributed by atoms with Gasteiger partial charge in [-0.1, -0.05) is 30.3 Å². The van der Waals surface area contributed by atoms with Gasteiger partial charge in [-0.05, 0) is 55.6 Å². The second-order valence-corrected chi connectivity index (χ2v) is 11.3. The average molecular weight is 596 g/mol. The molecule has 3 aliphatic carbocycles. The van der Waals surface area contributed by atoms with Crippen LogP contribution in [0.4, 0.5) is 0 Å². The summed E-state index contributed by atoms with van der Waals surface area (Å²) in [5.74, 6) is -8.01. The van der Waals surface area contributed by atoms with E-state index in [1.165, 1.54) is 4.90 Å². The van der Waals surface area contributed by atoms with Gasteiger partial charge in [0.15, 0.2) is 11.4 Å². The van der Waals surface area contributed by atoms with Crippen molar-refractivity contribution in [2.45, 2.75) is 31.0 Å². The van der Waals surface area contributed by atoms with Crippen molar-refractivity contribution in [2.24, 2.45) is 17.6 Å². The molecule has 220 valence electrons. The molecule has 42 heavy (non-hydrogen) atoms. The number of aliphatic hydroxyl groups excluding tert-OH is 2. The van der Waals surface area contributed by atoms with Crippen molar-refractivity contribution in [1.29, 1.82) is 0 Å². The van der Waals surface area contributed by atoms with Gasteiger partial charge in [-0.3, -0.25) is 24.1 Å². The fourth-order valence-corrected chi connectivity index (χ4v) is 6.72. The Hall–Kier alpha value is -4.19. The lowest BCUT2D eigenvalue weighted by Crippen LogP contribution is -2.63. The number of benzene rings is 2. The van der Waals surface area contributed by atoms with Crippen molar-refractivity contribution in [1.82, 2.24) is 10.2 Å². The van der Waals surface area contributed by atoms with E-state index in [0.29, 0.717) is 11.1 Å². The molecule has 11 nitrogen and oxygen atoms in total. The predicted octanol–water partition coefficient (Wildman–Crippen LogP) is 1.64. The predicted molar refractivity (Wildman–Crippen MR) is 152 cm³/mol. The molecule has 2 aromatic carbocycles. The average Bonchev–Trinajstić information content (AvgIpc) is 2.94. The third-order valence-corrected chi connectivity index (χ3v) is 8.73. The number of aromatic hydroxyl groups is 1. The molecule has 2 aromatic rings. The topological polar surface area (TPSA) is 190 Å². The molecule has 0 heterocycles. The number of rotatable bonds is 6. The molecule has 7 N–H and O–H groups in total. The van der Waals surface area contributed by atoms with E-state index in [2.05, 4.69) is 5.32 Å². The lowest BCUT2D eigenvalue weighted by molar-refractivity contribution is -0.148. The van der Waals surface area contributed by atoms with Crippen molar-refractivity contribution in [3.05, 3.63) is 75.8 Å². The molecule has 4 atom stereocenters. The van der Waals surface area contributed by atoms with E-state index in [0.717, 1.165) is 5.56 Å². The van der Waals surface area contributed by atoms with Crippen molar-refractivity contribution in [3.63, 3.8) is 0 Å². The lowest BCUT2D eigenvalue weighted by Gasteiger charge is -2.50. The summed E-state index contributed by atoms with van der Waals surface area (Å²) < 4.78 is 0. The quantitative estimate of drug-likeness (QED) is 0.213. The number of phenols is 1. The van der Waals surface area contributed by atoms with Gasteiger partial charge < -0.3 is 31.5 Å². The molecule has 12 heteroatoms. The van der Waals surface area contributed by atoms with Gasteiger partial charge in [-0.25, -0.2) is 0 Å². The van der Waals surface area contributed by atoms with E-state index in [1.54, 1.807) is 20.2 Å². The number of hydrogen-bond donors (Lipinski definition) is 6. The number of fused-ring (bicyclic) bond motifs is 3. The first-order valence-electron chi connectivity index (χ1n) is 13.2. The van der Waals surface area contributed by atoms with Crippen LogP contribution in [0.15, 0.2) is 59.1 Å². The highest BCUT2D eigenvalue weighted by Crippen LogP contribution is 2.53. The highest BCUT2D eigenvalue weighted by molar-refractivity contribution is 6.27. The molecule has 0 saturated heterocycles. The van der Waals surface area contributed by atoms with Crippen LogP contribution in [0.3, 0.4) is 0 Å². The zero-order chi connectivity index (χ0) is 30.7. The molecule has 0 radical (unpaired) electrons. The summed E-state index contributed by atoms with van der Waals surface area (Å²) in [4.78, 5) is 53.2. The Morgan fingerprint density at radius 1 is 1.14 bits per heavy atom. The molecule has 0 unspecified atom stereocenters. The SMILES string of the molecule is CN(C)[C@H]1C(O)=C(C(N)=O)C(=O)[C@@]2(O)C(O)=C3C(=O)c4c(O)c(CNC(=O)CCl)cc(-c5ccccc5)c4C[C@H]3C[C@@H]12. The number of nitrogens with zero attached hydrogens (tertiary/aromatic N) is 1. The molecule has 3 aliphatic rings. The standard InChI is InChI=1S/C30H30ClN3O8/c1-34(2)23-18-10-14-8-17-16(13-6-4-3-5-7-13)9-15(12-33-19(35)11-31)24(36)21(17)25(37)20(14)27(39)30(18,42)28(40)22(26(23)38)29(32)41/h3-7,9,14,18,23,36,38-39,42H,8,10-12H2,1-2H3,(H2,32,41)(H,33,35)/t14-,18-,23+,30-/m0/s1. The summed E-state index contributed by atoms with van der Waals surface area (Å²) in [7, 11) is 3.15. The Balaban J connectivity index is 1.73. The summed E-state index contributed by atoms with van der Waals surface area (Å²) in [6, 6.07) is 9.71. The first-order chi connectivity index (χ1) is 19.8. The third kappa shape index (κ3) is 4.27. The number of halogens is 1. The molecular weight excluding hydrogens is 566 g/mol. The number of carbonyl (C=O) groups excluding carboxylic acids is 4. The minimum absolute atomic E-state index is 0.0196. The molecule has 0 saturated carbocycles. The Labute approximate surface area is 245 Å². The number of nitrogens with two attached hydrogens (primary N) is 1. The Morgan fingerprint density at radius 2 is 1.81 bits per heavy atom. The van der Waals surface area contributed by atoms with Crippen LogP contribution in [-0.4, -0.2) is 80.3 Å². The number of amides is 2. The van der Waals surface area contributed by atoms with Gasteiger partial charge in [-0.15, -0.1) is 11.6 Å². The molecule has 0 aromatic heterocycles. The number of primary amides is 1. The number of alkyl halides is 1. The van der Waals surface area contributed by atoms with Gasteiger partial charge in [0.05, 0.1) is 11.6 Å². The van der Waals surface area contributed by atoms with Gasteiger partial charge in [0.1, 0.15) is 28.7 Å². The number of carbonyl (C=O) groups is 4. The van der Waals surface area contributed by atoms with Crippen LogP contribution in [0.5, 0.6) is 5.75 Å². The number of likely N-dealkylation sites (N-methyl/N-ethyl adjacent to an activating group) is 1. The number of phenolic OH excluding ortho intramolecular Hbond substituents is 1. The summed E-state index contributed by atoms with van der Waals surface area (Å²) >= 11 is 5.60. The van der Waals surface area contributed by atoms with E-state index in [-0.39, 0.29) is 42.0 Å². The van der Waals surface area contributed by atoms with E-state index in [9.17, 15) is 39.6 Å². The van der Waals surface area contributed by atoms with Crippen LogP contribution in [0.1, 0.15) is 27.9 Å². The second-order valence-electron chi connectivity index (χ2n) is 11.0. The fourth-order valence-electron chi connectivity index (χ4n) is 6.63. The number of aliphatic hydroxyl groups is 3. The normalized spacial score (nSPS) is 25.2. The molecule has 0 spiro atoms. The zero-order valence-corrected chi connectivity index (χ0v) is 23.6. The minimum Gasteiger partial charge on any atom is -0.510 e. The lowest BCUT2D eigenvalue weighted by atomic mass is 9.58. The molecule has 2 amide bonds. The summed E-state index contributed by atoms with van der Waals surface area (Å²) in [6.07, 6.45) is 0.120. The number of Topliss-reactive ketones (excluding diaryl/α,β-unsaturated/α-hetero) is 2. The molecule has 5 rings (SSSR count). The fraction of sp³-hybridized carbons (Fsp3) is 0.333. The van der Waals surface area contributed by atoms with Gasteiger partial charge in [0, 0.05) is 23.6 Å². The van der Waals surface area contributed by atoms with Crippen molar-refractivity contribution in [2.75, 3.05) is 20.0 Å². The minimum atomic E-state index is -2.73. The molecular formula is C30H30ClN3O8. The first-order valence-corrected chi connectivity index (χ1v) is 13.8. The summed E-state index contributed by atoms with van der Waals surface area (Å²) in [5, 5.41) is 48.1. The highest BCUT2D eigenvalue weighted by atomic mass is 35.5. The largest absolute Gasteiger partial charge is 0.510 e. The van der Waals surface area contributed by atoms with Crippen LogP contribution >= 0.6 is 11.6 Å². The highest BCUT2D eigenvalue weighted by Gasteiger charge is 2.63. The van der Waals surface area contributed by atoms with Gasteiger partial charge in [-0.2, -0.15) is 0 Å². The van der Waals surface area contributed by atoms with E-state index in [4.69, 9.17) is 17.3 Å². The number of ketones is 2. The van der Waals surface area contributed by atoms with Crippen LogP contribution in [0.2, 0.25) is 0 Å². The summed E-state index contributed by atoms with van der Waals surface area (Å²) in [6.45, 7) is -0.146. The third-order valence-electron chi connectivity index (χ3n) is 8.48. The molecule has 0 bridgehead atoms.